The molecule has 0 radical (unpaired) electrons. The van der Waals surface area contributed by atoms with E-state index in [0.717, 1.165) is 38.8 Å². The summed E-state index contributed by atoms with van der Waals surface area (Å²) < 4.78 is 0. The van der Waals surface area contributed by atoms with Crippen LogP contribution < -0.4 is 5.32 Å². The van der Waals surface area contributed by atoms with Crippen LogP contribution in [0.5, 0.6) is 0 Å². The fourth-order valence-corrected chi connectivity index (χ4v) is 3.17. The highest BCUT2D eigenvalue weighted by Gasteiger charge is 2.41. The van der Waals surface area contributed by atoms with Crippen LogP contribution in [0.2, 0.25) is 0 Å². The molecule has 1 aliphatic rings. The minimum atomic E-state index is -0.273. The number of nitrogens with one attached hydrogen (secondary N) is 1. The van der Waals surface area contributed by atoms with Crippen molar-refractivity contribution in [1.29, 1.82) is 5.26 Å². The van der Waals surface area contributed by atoms with Gasteiger partial charge in [-0.1, -0.05) is 20.8 Å². The maximum absolute atomic E-state index is 9.53. The van der Waals surface area contributed by atoms with Crippen LogP contribution in [0.15, 0.2) is 0 Å². The van der Waals surface area contributed by atoms with Gasteiger partial charge in [0, 0.05) is 18.6 Å². The summed E-state index contributed by atoms with van der Waals surface area (Å²) in [5, 5.41) is 13.0. The van der Waals surface area contributed by atoms with E-state index < -0.39 is 0 Å². The van der Waals surface area contributed by atoms with Gasteiger partial charge in [0.25, 0.3) is 0 Å². The SMILES string of the molecule is CCCNC1(C#N)CCC(N(CC(C)C)C(C)C)C1. The zero-order chi connectivity index (χ0) is 14.5. The van der Waals surface area contributed by atoms with Crippen molar-refractivity contribution in [3.8, 4) is 6.07 Å². The Labute approximate surface area is 119 Å². The first-order chi connectivity index (χ1) is 8.94. The third-order valence-corrected chi connectivity index (χ3v) is 4.12. The summed E-state index contributed by atoms with van der Waals surface area (Å²) in [6, 6.07) is 3.68. The van der Waals surface area contributed by atoms with Crippen molar-refractivity contribution in [2.45, 2.75) is 77.9 Å². The molecule has 3 nitrogen and oxygen atoms in total. The maximum atomic E-state index is 9.53. The summed E-state index contributed by atoms with van der Waals surface area (Å²) >= 11 is 0. The predicted octanol–water partition coefficient (Wildman–Crippen LogP) is 3.17. The van der Waals surface area contributed by atoms with Crippen molar-refractivity contribution in [2.75, 3.05) is 13.1 Å². The highest BCUT2D eigenvalue weighted by molar-refractivity contribution is 5.13. The molecule has 1 saturated carbocycles. The highest BCUT2D eigenvalue weighted by Crippen LogP contribution is 2.34. The van der Waals surface area contributed by atoms with E-state index in [1.54, 1.807) is 0 Å². The van der Waals surface area contributed by atoms with Crippen LogP contribution in [0.3, 0.4) is 0 Å². The van der Waals surface area contributed by atoms with E-state index in [-0.39, 0.29) is 5.54 Å². The predicted molar refractivity (Wildman–Crippen MR) is 81.0 cm³/mol. The number of nitriles is 1. The fourth-order valence-electron chi connectivity index (χ4n) is 3.17. The van der Waals surface area contributed by atoms with Gasteiger partial charge in [0.1, 0.15) is 5.54 Å². The van der Waals surface area contributed by atoms with Crippen LogP contribution in [0.1, 0.15) is 60.3 Å². The lowest BCUT2D eigenvalue weighted by Gasteiger charge is -2.35. The largest absolute Gasteiger partial charge is 0.299 e. The molecule has 1 rings (SSSR count). The Bertz CT molecular complexity index is 306. The van der Waals surface area contributed by atoms with E-state index in [4.69, 9.17) is 0 Å². The lowest BCUT2D eigenvalue weighted by Crippen LogP contribution is -2.46. The third kappa shape index (κ3) is 4.47. The molecule has 1 aliphatic carbocycles. The van der Waals surface area contributed by atoms with Crippen molar-refractivity contribution in [3.63, 3.8) is 0 Å². The van der Waals surface area contributed by atoms with Crippen molar-refractivity contribution in [2.24, 2.45) is 5.92 Å². The molecule has 0 aromatic carbocycles. The lowest BCUT2D eigenvalue weighted by molar-refractivity contribution is 0.133. The molecule has 0 aliphatic heterocycles. The molecule has 0 spiro atoms. The molecular weight excluding hydrogens is 234 g/mol. The number of nitrogens with zero attached hydrogens (tertiary/aromatic N) is 2. The molecule has 2 unspecified atom stereocenters. The maximum Gasteiger partial charge on any atom is 0.108 e. The summed E-state index contributed by atoms with van der Waals surface area (Å²) in [5.74, 6) is 0.683. The van der Waals surface area contributed by atoms with Gasteiger partial charge in [0.2, 0.25) is 0 Å². The standard InChI is InChI=1S/C16H31N3/c1-6-9-18-16(12-17)8-7-15(10-16)19(14(4)5)11-13(2)3/h13-15,18H,6-11H2,1-5H3. The second-order valence-corrected chi connectivity index (χ2v) is 6.70. The van der Waals surface area contributed by atoms with E-state index in [1.165, 1.54) is 0 Å². The average molecular weight is 265 g/mol. The van der Waals surface area contributed by atoms with E-state index in [9.17, 15) is 5.26 Å². The van der Waals surface area contributed by atoms with Gasteiger partial charge in [-0.05, 0) is 52.0 Å². The number of hydrogen-bond donors (Lipinski definition) is 1. The van der Waals surface area contributed by atoms with Crippen molar-refractivity contribution < 1.29 is 0 Å². The summed E-state index contributed by atoms with van der Waals surface area (Å²) in [6.07, 6.45) is 4.22. The molecule has 1 fully saturated rings. The Morgan fingerprint density at radius 2 is 2.05 bits per heavy atom. The van der Waals surface area contributed by atoms with Gasteiger partial charge in [-0.15, -0.1) is 0 Å². The van der Waals surface area contributed by atoms with E-state index in [1.807, 2.05) is 0 Å². The van der Waals surface area contributed by atoms with Crippen LogP contribution in [0.4, 0.5) is 0 Å². The zero-order valence-corrected chi connectivity index (χ0v) is 13.4. The molecule has 110 valence electrons. The first kappa shape index (κ1) is 16.5. The number of rotatable bonds is 7. The fraction of sp³-hybridized carbons (Fsp3) is 0.938. The summed E-state index contributed by atoms with van der Waals surface area (Å²) in [4.78, 5) is 2.59. The minimum Gasteiger partial charge on any atom is -0.299 e. The topological polar surface area (TPSA) is 39.1 Å². The summed E-state index contributed by atoms with van der Waals surface area (Å²) in [7, 11) is 0. The van der Waals surface area contributed by atoms with Gasteiger partial charge in [-0.3, -0.25) is 10.2 Å². The molecule has 0 aromatic rings. The Morgan fingerprint density at radius 1 is 1.37 bits per heavy atom. The van der Waals surface area contributed by atoms with Crippen LogP contribution in [-0.4, -0.2) is 35.6 Å². The van der Waals surface area contributed by atoms with E-state index in [0.29, 0.717) is 18.0 Å². The van der Waals surface area contributed by atoms with Crippen LogP contribution in [-0.2, 0) is 0 Å². The van der Waals surface area contributed by atoms with Crippen molar-refractivity contribution in [1.82, 2.24) is 10.2 Å². The average Bonchev–Trinajstić information content (AvgIpc) is 2.78. The second kappa shape index (κ2) is 7.26. The van der Waals surface area contributed by atoms with Crippen molar-refractivity contribution >= 4 is 0 Å². The lowest BCUT2D eigenvalue weighted by atomic mass is 9.98. The van der Waals surface area contributed by atoms with Gasteiger partial charge in [0.05, 0.1) is 6.07 Å². The Hall–Kier alpha value is -0.590. The molecular formula is C16H31N3. The molecule has 3 heteroatoms. The van der Waals surface area contributed by atoms with Crippen LogP contribution in [0, 0.1) is 17.2 Å². The zero-order valence-electron chi connectivity index (χ0n) is 13.4. The van der Waals surface area contributed by atoms with Gasteiger partial charge in [-0.25, -0.2) is 0 Å². The molecule has 1 N–H and O–H groups in total. The smallest absolute Gasteiger partial charge is 0.108 e. The molecule has 2 atom stereocenters. The molecule has 19 heavy (non-hydrogen) atoms. The monoisotopic (exact) mass is 265 g/mol. The molecule has 0 bridgehead atoms. The van der Waals surface area contributed by atoms with Gasteiger partial charge < -0.3 is 0 Å². The first-order valence-electron chi connectivity index (χ1n) is 7.86. The molecule has 0 aromatic heterocycles. The highest BCUT2D eigenvalue weighted by atomic mass is 15.2. The summed E-state index contributed by atoms with van der Waals surface area (Å²) in [6.45, 7) is 13.3. The van der Waals surface area contributed by atoms with E-state index in [2.05, 4.69) is 50.9 Å². The molecule has 0 amide bonds. The Kier molecular flexibility index (Phi) is 6.29. The van der Waals surface area contributed by atoms with Crippen LogP contribution >= 0.6 is 0 Å². The van der Waals surface area contributed by atoms with E-state index >= 15 is 0 Å². The second-order valence-electron chi connectivity index (χ2n) is 6.70. The third-order valence-electron chi connectivity index (χ3n) is 4.12. The quantitative estimate of drug-likeness (QED) is 0.768. The van der Waals surface area contributed by atoms with Crippen LogP contribution in [0.25, 0.3) is 0 Å². The first-order valence-corrected chi connectivity index (χ1v) is 7.86. The Morgan fingerprint density at radius 3 is 2.53 bits per heavy atom. The molecule has 0 heterocycles. The Balaban J connectivity index is 2.68. The van der Waals surface area contributed by atoms with Crippen molar-refractivity contribution in [3.05, 3.63) is 0 Å². The molecule has 0 saturated heterocycles. The normalized spacial score (nSPS) is 27.4. The number of hydrogen-bond acceptors (Lipinski definition) is 3. The van der Waals surface area contributed by atoms with Gasteiger partial charge >= 0.3 is 0 Å². The minimum absolute atomic E-state index is 0.273. The van der Waals surface area contributed by atoms with Gasteiger partial charge in [-0.2, -0.15) is 5.26 Å². The summed E-state index contributed by atoms with van der Waals surface area (Å²) in [5.41, 5.74) is -0.273. The van der Waals surface area contributed by atoms with Gasteiger partial charge in [0.15, 0.2) is 0 Å².